The molecular formula is C15H30N2. The van der Waals surface area contributed by atoms with E-state index in [4.69, 9.17) is 0 Å². The van der Waals surface area contributed by atoms with Gasteiger partial charge < -0.3 is 5.32 Å². The molecule has 0 aromatic rings. The van der Waals surface area contributed by atoms with Crippen LogP contribution >= 0.6 is 0 Å². The molecular weight excluding hydrogens is 208 g/mol. The summed E-state index contributed by atoms with van der Waals surface area (Å²) in [7, 11) is 0. The molecule has 0 radical (unpaired) electrons. The molecule has 2 fully saturated rings. The molecule has 1 saturated heterocycles. The highest BCUT2D eigenvalue weighted by atomic mass is 15.2. The standard InChI is InChI=1S/C15H30N2/c1-4-10-17(13(2)15(3)7-8-15)12-14-6-5-9-16-11-14/h13-14,16H,4-12H2,1-3H3. The highest BCUT2D eigenvalue weighted by Crippen LogP contribution is 2.49. The van der Waals surface area contributed by atoms with E-state index in [-0.39, 0.29) is 0 Å². The van der Waals surface area contributed by atoms with E-state index < -0.39 is 0 Å². The Balaban J connectivity index is 1.86. The Morgan fingerprint density at radius 1 is 1.41 bits per heavy atom. The number of nitrogens with zero attached hydrogens (tertiary/aromatic N) is 1. The van der Waals surface area contributed by atoms with Crippen molar-refractivity contribution < 1.29 is 0 Å². The largest absolute Gasteiger partial charge is 0.316 e. The average molecular weight is 238 g/mol. The Bertz CT molecular complexity index is 229. The van der Waals surface area contributed by atoms with Crippen molar-refractivity contribution in [1.29, 1.82) is 0 Å². The van der Waals surface area contributed by atoms with Gasteiger partial charge in [0, 0.05) is 12.6 Å². The van der Waals surface area contributed by atoms with Crippen molar-refractivity contribution in [3.63, 3.8) is 0 Å². The summed E-state index contributed by atoms with van der Waals surface area (Å²) >= 11 is 0. The van der Waals surface area contributed by atoms with Crippen molar-refractivity contribution in [2.75, 3.05) is 26.2 Å². The van der Waals surface area contributed by atoms with Crippen molar-refractivity contribution in [2.24, 2.45) is 11.3 Å². The van der Waals surface area contributed by atoms with Gasteiger partial charge in [-0.1, -0.05) is 13.8 Å². The highest BCUT2D eigenvalue weighted by molar-refractivity contribution is 4.98. The first-order chi connectivity index (χ1) is 8.15. The molecule has 2 nitrogen and oxygen atoms in total. The topological polar surface area (TPSA) is 15.3 Å². The Labute approximate surface area is 107 Å². The molecule has 1 aliphatic heterocycles. The molecule has 17 heavy (non-hydrogen) atoms. The summed E-state index contributed by atoms with van der Waals surface area (Å²) in [6, 6.07) is 0.782. The van der Waals surface area contributed by atoms with Crippen LogP contribution in [0, 0.1) is 11.3 Å². The lowest BCUT2D eigenvalue weighted by Crippen LogP contribution is -2.45. The average Bonchev–Trinajstić information content (AvgIpc) is 3.09. The van der Waals surface area contributed by atoms with Gasteiger partial charge in [0.2, 0.25) is 0 Å². The van der Waals surface area contributed by atoms with E-state index in [2.05, 4.69) is 31.0 Å². The van der Waals surface area contributed by atoms with Crippen LogP contribution < -0.4 is 5.32 Å². The molecule has 0 amide bonds. The third-order valence-corrected chi connectivity index (χ3v) is 5.00. The fourth-order valence-corrected chi connectivity index (χ4v) is 3.20. The minimum Gasteiger partial charge on any atom is -0.316 e. The lowest BCUT2D eigenvalue weighted by molar-refractivity contribution is 0.119. The second kappa shape index (κ2) is 5.71. The number of piperidine rings is 1. The van der Waals surface area contributed by atoms with Gasteiger partial charge in [-0.05, 0) is 70.0 Å². The Morgan fingerprint density at radius 3 is 2.71 bits per heavy atom. The number of hydrogen-bond donors (Lipinski definition) is 1. The zero-order chi connectivity index (χ0) is 12.3. The van der Waals surface area contributed by atoms with E-state index in [1.54, 1.807) is 0 Å². The van der Waals surface area contributed by atoms with Crippen LogP contribution in [0.4, 0.5) is 0 Å². The first kappa shape index (κ1) is 13.4. The smallest absolute Gasteiger partial charge is 0.0121 e. The molecule has 0 aromatic heterocycles. The van der Waals surface area contributed by atoms with Gasteiger partial charge in [-0.2, -0.15) is 0 Å². The van der Waals surface area contributed by atoms with Crippen molar-refractivity contribution in [3.05, 3.63) is 0 Å². The van der Waals surface area contributed by atoms with E-state index >= 15 is 0 Å². The first-order valence-corrected chi connectivity index (χ1v) is 7.60. The van der Waals surface area contributed by atoms with E-state index in [9.17, 15) is 0 Å². The second-order valence-electron chi connectivity index (χ2n) is 6.54. The van der Waals surface area contributed by atoms with E-state index in [0.717, 1.165) is 12.0 Å². The van der Waals surface area contributed by atoms with Gasteiger partial charge in [0.05, 0.1) is 0 Å². The molecule has 0 aromatic carbocycles. The van der Waals surface area contributed by atoms with E-state index in [0.29, 0.717) is 5.41 Å². The quantitative estimate of drug-likeness (QED) is 0.765. The predicted molar refractivity (Wildman–Crippen MR) is 74.3 cm³/mol. The molecule has 1 heterocycles. The van der Waals surface area contributed by atoms with Crippen LogP contribution in [0.1, 0.15) is 52.9 Å². The molecule has 1 aliphatic carbocycles. The monoisotopic (exact) mass is 238 g/mol. The summed E-state index contributed by atoms with van der Waals surface area (Å²) in [4.78, 5) is 2.77. The maximum Gasteiger partial charge on any atom is 0.0121 e. The number of nitrogens with one attached hydrogen (secondary N) is 1. The maximum atomic E-state index is 3.55. The lowest BCUT2D eigenvalue weighted by atomic mass is 9.94. The van der Waals surface area contributed by atoms with Gasteiger partial charge in [0.25, 0.3) is 0 Å². The van der Waals surface area contributed by atoms with Gasteiger partial charge in [-0.3, -0.25) is 4.90 Å². The fourth-order valence-electron chi connectivity index (χ4n) is 3.20. The molecule has 100 valence electrons. The minimum absolute atomic E-state index is 0.636. The molecule has 2 aliphatic rings. The van der Waals surface area contributed by atoms with Crippen LogP contribution in [0.15, 0.2) is 0 Å². The second-order valence-corrected chi connectivity index (χ2v) is 6.54. The predicted octanol–water partition coefficient (Wildman–Crippen LogP) is 2.89. The molecule has 2 rings (SSSR count). The summed E-state index contributed by atoms with van der Waals surface area (Å²) in [5.41, 5.74) is 0.636. The summed E-state index contributed by atoms with van der Waals surface area (Å²) in [6.45, 7) is 12.3. The number of hydrogen-bond acceptors (Lipinski definition) is 2. The van der Waals surface area contributed by atoms with Crippen molar-refractivity contribution >= 4 is 0 Å². The van der Waals surface area contributed by atoms with E-state index in [1.165, 1.54) is 58.3 Å². The van der Waals surface area contributed by atoms with Crippen molar-refractivity contribution in [3.8, 4) is 0 Å². The van der Waals surface area contributed by atoms with Crippen LogP contribution in [0.25, 0.3) is 0 Å². The Hall–Kier alpha value is -0.0800. The van der Waals surface area contributed by atoms with Gasteiger partial charge in [-0.15, -0.1) is 0 Å². The molecule has 2 heteroatoms. The normalized spacial score (nSPS) is 29.3. The van der Waals surface area contributed by atoms with Gasteiger partial charge in [0.15, 0.2) is 0 Å². The van der Waals surface area contributed by atoms with Crippen molar-refractivity contribution in [2.45, 2.75) is 58.9 Å². The van der Waals surface area contributed by atoms with Gasteiger partial charge >= 0.3 is 0 Å². The third kappa shape index (κ3) is 3.45. The van der Waals surface area contributed by atoms with E-state index in [1.807, 2.05) is 0 Å². The van der Waals surface area contributed by atoms with Gasteiger partial charge in [-0.25, -0.2) is 0 Å². The van der Waals surface area contributed by atoms with Crippen LogP contribution in [-0.2, 0) is 0 Å². The molecule has 0 spiro atoms. The summed E-state index contributed by atoms with van der Waals surface area (Å²) < 4.78 is 0. The zero-order valence-electron chi connectivity index (χ0n) is 12.0. The molecule has 2 unspecified atom stereocenters. The lowest BCUT2D eigenvalue weighted by Gasteiger charge is -2.37. The highest BCUT2D eigenvalue weighted by Gasteiger charge is 2.44. The van der Waals surface area contributed by atoms with Crippen molar-refractivity contribution in [1.82, 2.24) is 10.2 Å². The SMILES string of the molecule is CCCN(CC1CCCNC1)C(C)C1(C)CC1. The van der Waals surface area contributed by atoms with Crippen LogP contribution in [0.5, 0.6) is 0 Å². The third-order valence-electron chi connectivity index (χ3n) is 5.00. The van der Waals surface area contributed by atoms with Crippen LogP contribution in [0.3, 0.4) is 0 Å². The Kier molecular flexibility index (Phi) is 4.48. The maximum absolute atomic E-state index is 3.55. The zero-order valence-corrected chi connectivity index (χ0v) is 12.0. The molecule has 0 bridgehead atoms. The minimum atomic E-state index is 0.636. The molecule has 1 N–H and O–H groups in total. The van der Waals surface area contributed by atoms with Gasteiger partial charge in [0.1, 0.15) is 0 Å². The summed E-state index contributed by atoms with van der Waals surface area (Å²) in [5, 5.41) is 3.55. The number of rotatable bonds is 6. The van der Waals surface area contributed by atoms with Crippen LogP contribution in [-0.4, -0.2) is 37.1 Å². The summed E-state index contributed by atoms with van der Waals surface area (Å²) in [6.07, 6.45) is 6.97. The molecule has 1 saturated carbocycles. The fraction of sp³-hybridized carbons (Fsp3) is 1.00. The molecule has 2 atom stereocenters. The first-order valence-electron chi connectivity index (χ1n) is 7.60. The Morgan fingerprint density at radius 2 is 2.18 bits per heavy atom. The van der Waals surface area contributed by atoms with Crippen LogP contribution in [0.2, 0.25) is 0 Å². The summed E-state index contributed by atoms with van der Waals surface area (Å²) in [5.74, 6) is 0.889.